The Balaban J connectivity index is 2.37. The van der Waals surface area contributed by atoms with Crippen LogP contribution in [0.1, 0.15) is 17.1 Å². The molecule has 0 saturated carbocycles. The van der Waals surface area contributed by atoms with Crippen molar-refractivity contribution in [1.82, 2.24) is 14.8 Å². The fourth-order valence-electron chi connectivity index (χ4n) is 2.31. The number of fused-ring (bicyclic) bond motifs is 1. The molecule has 0 fully saturated rings. The third kappa shape index (κ3) is 2.03. The maximum absolute atomic E-state index is 9.40. The molecule has 2 aromatic heterocycles. The van der Waals surface area contributed by atoms with Gasteiger partial charge in [-0.2, -0.15) is 5.10 Å². The lowest BCUT2D eigenvalue weighted by Gasteiger charge is -2.10. The van der Waals surface area contributed by atoms with Gasteiger partial charge >= 0.3 is 0 Å². The number of aryl methyl sites for hydroxylation is 1. The van der Waals surface area contributed by atoms with Gasteiger partial charge in [0, 0.05) is 5.39 Å². The smallest absolute Gasteiger partial charge is 0.161 e. The van der Waals surface area contributed by atoms with E-state index in [9.17, 15) is 5.11 Å². The Kier molecular flexibility index (Phi) is 3.31. The third-order valence-electron chi connectivity index (χ3n) is 3.34. The minimum atomic E-state index is -0.0850. The van der Waals surface area contributed by atoms with Crippen molar-refractivity contribution < 1.29 is 5.11 Å². The molecule has 0 unspecified atom stereocenters. The summed E-state index contributed by atoms with van der Waals surface area (Å²) in [6.07, 6.45) is 0. The lowest BCUT2D eigenvalue weighted by Crippen LogP contribution is -2.05. The molecule has 0 bridgehead atoms. The van der Waals surface area contributed by atoms with Gasteiger partial charge in [-0.1, -0.05) is 24.3 Å². The summed E-state index contributed by atoms with van der Waals surface area (Å²) in [6.45, 7) is 3.86. The van der Waals surface area contributed by atoms with Crippen molar-refractivity contribution in [2.45, 2.75) is 20.5 Å². The summed E-state index contributed by atoms with van der Waals surface area (Å²) in [5, 5.41) is 16.0. The lowest BCUT2D eigenvalue weighted by atomic mass is 10.1. The zero-order valence-electron chi connectivity index (χ0n) is 11.3. The van der Waals surface area contributed by atoms with Crippen LogP contribution in [0.15, 0.2) is 34.8 Å². The van der Waals surface area contributed by atoms with Gasteiger partial charge in [0.05, 0.1) is 28.2 Å². The second-order valence-electron chi connectivity index (χ2n) is 4.71. The zero-order chi connectivity index (χ0) is 14.3. The number of rotatable bonds is 2. The molecule has 1 N–H and O–H groups in total. The molecule has 2 heterocycles. The topological polar surface area (TPSA) is 50.9 Å². The molecular formula is C15H14BrN3O. The Hall–Kier alpha value is -1.72. The standard InChI is InChI=1S/C15H14BrN3O/c1-9-14(16)10(2)19(18-9)15-13-6-4-3-5-11(13)7-12(8-20)17-15/h3-7,20H,8H2,1-2H3. The van der Waals surface area contributed by atoms with Crippen molar-refractivity contribution in [2.24, 2.45) is 0 Å². The number of pyridine rings is 1. The first-order valence-electron chi connectivity index (χ1n) is 6.33. The fourth-order valence-corrected chi connectivity index (χ4v) is 2.55. The van der Waals surface area contributed by atoms with Crippen molar-refractivity contribution in [2.75, 3.05) is 0 Å². The fraction of sp³-hybridized carbons (Fsp3) is 0.200. The van der Waals surface area contributed by atoms with Crippen molar-refractivity contribution >= 4 is 26.7 Å². The molecule has 102 valence electrons. The van der Waals surface area contributed by atoms with Crippen LogP contribution in [0.5, 0.6) is 0 Å². The van der Waals surface area contributed by atoms with Gasteiger partial charge in [-0.05, 0) is 41.2 Å². The first kappa shape index (κ1) is 13.3. The van der Waals surface area contributed by atoms with E-state index in [2.05, 4.69) is 26.0 Å². The molecule has 5 heteroatoms. The highest BCUT2D eigenvalue weighted by atomic mass is 79.9. The summed E-state index contributed by atoms with van der Waals surface area (Å²) in [4.78, 5) is 4.53. The number of nitrogens with zero attached hydrogens (tertiary/aromatic N) is 3. The number of halogens is 1. The van der Waals surface area contributed by atoms with Gasteiger partial charge in [-0.3, -0.25) is 0 Å². The predicted octanol–water partition coefficient (Wildman–Crippen LogP) is 3.29. The Bertz CT molecular complexity index is 795. The van der Waals surface area contributed by atoms with E-state index in [1.54, 1.807) is 0 Å². The van der Waals surface area contributed by atoms with E-state index in [0.29, 0.717) is 5.69 Å². The largest absolute Gasteiger partial charge is 0.390 e. The Morgan fingerprint density at radius 2 is 2.00 bits per heavy atom. The maximum atomic E-state index is 9.40. The SMILES string of the molecule is Cc1nn(-c2nc(CO)cc3ccccc23)c(C)c1Br. The highest BCUT2D eigenvalue weighted by Gasteiger charge is 2.14. The van der Waals surface area contributed by atoms with E-state index in [1.165, 1.54) is 0 Å². The van der Waals surface area contributed by atoms with Gasteiger partial charge in [0.1, 0.15) is 0 Å². The molecule has 3 aromatic rings. The zero-order valence-corrected chi connectivity index (χ0v) is 12.8. The van der Waals surface area contributed by atoms with Crippen LogP contribution in [0.4, 0.5) is 0 Å². The quantitative estimate of drug-likeness (QED) is 0.783. The summed E-state index contributed by atoms with van der Waals surface area (Å²) in [5.74, 6) is 0.749. The molecule has 20 heavy (non-hydrogen) atoms. The lowest BCUT2D eigenvalue weighted by molar-refractivity contribution is 0.277. The molecule has 0 aliphatic heterocycles. The number of aliphatic hydroxyl groups is 1. The summed E-state index contributed by atoms with van der Waals surface area (Å²) >= 11 is 3.54. The molecule has 0 radical (unpaired) electrons. The summed E-state index contributed by atoms with van der Waals surface area (Å²) in [5.41, 5.74) is 2.56. The Morgan fingerprint density at radius 1 is 1.25 bits per heavy atom. The van der Waals surface area contributed by atoms with E-state index in [0.717, 1.165) is 32.5 Å². The minimum Gasteiger partial charge on any atom is -0.390 e. The van der Waals surface area contributed by atoms with Crippen LogP contribution in [-0.2, 0) is 6.61 Å². The number of hydrogen-bond acceptors (Lipinski definition) is 3. The average Bonchev–Trinajstić information content (AvgIpc) is 2.73. The first-order valence-corrected chi connectivity index (χ1v) is 7.12. The van der Waals surface area contributed by atoms with Crippen molar-refractivity contribution in [3.8, 4) is 5.82 Å². The first-order chi connectivity index (χ1) is 9.61. The van der Waals surface area contributed by atoms with Crippen molar-refractivity contribution in [1.29, 1.82) is 0 Å². The summed E-state index contributed by atoms with van der Waals surface area (Å²) in [6, 6.07) is 9.89. The molecule has 0 amide bonds. The normalized spacial score (nSPS) is 11.2. The molecule has 0 aliphatic carbocycles. The maximum Gasteiger partial charge on any atom is 0.161 e. The molecule has 0 aliphatic rings. The van der Waals surface area contributed by atoms with Crippen LogP contribution in [0.3, 0.4) is 0 Å². The van der Waals surface area contributed by atoms with Gasteiger partial charge in [0.15, 0.2) is 5.82 Å². The number of aliphatic hydroxyl groups excluding tert-OH is 1. The average molecular weight is 332 g/mol. The third-order valence-corrected chi connectivity index (χ3v) is 4.49. The number of hydrogen-bond donors (Lipinski definition) is 1. The summed E-state index contributed by atoms with van der Waals surface area (Å²) < 4.78 is 2.80. The highest BCUT2D eigenvalue weighted by molar-refractivity contribution is 9.10. The van der Waals surface area contributed by atoms with E-state index >= 15 is 0 Å². The Morgan fingerprint density at radius 3 is 2.65 bits per heavy atom. The van der Waals surface area contributed by atoms with Crippen molar-refractivity contribution in [3.63, 3.8) is 0 Å². The minimum absolute atomic E-state index is 0.0850. The van der Waals surface area contributed by atoms with E-state index in [4.69, 9.17) is 0 Å². The molecular weight excluding hydrogens is 318 g/mol. The van der Waals surface area contributed by atoms with Gasteiger partial charge in [-0.15, -0.1) is 0 Å². The second kappa shape index (κ2) is 5.00. The second-order valence-corrected chi connectivity index (χ2v) is 5.51. The van der Waals surface area contributed by atoms with Crippen LogP contribution < -0.4 is 0 Å². The van der Waals surface area contributed by atoms with Gasteiger partial charge < -0.3 is 5.11 Å². The van der Waals surface area contributed by atoms with Crippen LogP contribution in [0.2, 0.25) is 0 Å². The molecule has 0 atom stereocenters. The molecule has 0 saturated heterocycles. The van der Waals surface area contributed by atoms with E-state index in [1.807, 2.05) is 48.9 Å². The number of aromatic nitrogens is 3. The van der Waals surface area contributed by atoms with Crippen LogP contribution in [0.25, 0.3) is 16.6 Å². The molecule has 4 nitrogen and oxygen atoms in total. The predicted molar refractivity (Wildman–Crippen MR) is 82.0 cm³/mol. The monoisotopic (exact) mass is 331 g/mol. The van der Waals surface area contributed by atoms with Gasteiger partial charge in [0.2, 0.25) is 0 Å². The van der Waals surface area contributed by atoms with Gasteiger partial charge in [0.25, 0.3) is 0 Å². The van der Waals surface area contributed by atoms with Crippen molar-refractivity contribution in [3.05, 3.63) is 51.9 Å². The van der Waals surface area contributed by atoms with E-state index in [-0.39, 0.29) is 6.61 Å². The van der Waals surface area contributed by atoms with Crippen LogP contribution in [0, 0.1) is 13.8 Å². The van der Waals surface area contributed by atoms with Gasteiger partial charge in [-0.25, -0.2) is 9.67 Å². The van der Waals surface area contributed by atoms with Crippen LogP contribution >= 0.6 is 15.9 Å². The van der Waals surface area contributed by atoms with E-state index < -0.39 is 0 Å². The Labute approximate surface area is 125 Å². The van der Waals surface area contributed by atoms with Crippen LogP contribution in [-0.4, -0.2) is 19.9 Å². The number of benzene rings is 1. The molecule has 1 aromatic carbocycles. The molecule has 0 spiro atoms. The summed E-state index contributed by atoms with van der Waals surface area (Å²) in [7, 11) is 0. The molecule has 3 rings (SSSR count). The highest BCUT2D eigenvalue weighted by Crippen LogP contribution is 2.27.